The normalized spacial score (nSPS) is 12.0. The molecule has 6 heteroatoms. The number of aromatic nitrogens is 2. The first kappa shape index (κ1) is 20.9. The minimum absolute atomic E-state index is 0.132. The summed E-state index contributed by atoms with van der Waals surface area (Å²) in [6.07, 6.45) is 5.65. The Hall–Kier alpha value is -4.32. The number of pyridine rings is 2. The molecule has 0 aliphatic heterocycles. The van der Waals surface area contributed by atoms with Gasteiger partial charge >= 0.3 is 11.9 Å². The van der Waals surface area contributed by atoms with Crippen LogP contribution in [0.15, 0.2) is 72.8 Å². The van der Waals surface area contributed by atoms with Crippen molar-refractivity contribution in [3.8, 4) is 11.1 Å². The number of aromatic carboxylic acids is 2. The summed E-state index contributed by atoms with van der Waals surface area (Å²) in [5, 5.41) is 20.8. The van der Waals surface area contributed by atoms with Crippen LogP contribution in [0.5, 0.6) is 0 Å². The first-order valence-electron chi connectivity index (χ1n) is 10.0. The van der Waals surface area contributed by atoms with E-state index in [0.717, 1.165) is 11.1 Å². The molecule has 0 aliphatic rings. The highest BCUT2D eigenvalue weighted by molar-refractivity contribution is 6.13. The van der Waals surface area contributed by atoms with E-state index >= 15 is 0 Å². The van der Waals surface area contributed by atoms with Crippen LogP contribution in [0.4, 0.5) is 0 Å². The van der Waals surface area contributed by atoms with E-state index in [1.54, 1.807) is 0 Å². The van der Waals surface area contributed by atoms with E-state index in [2.05, 4.69) is 9.97 Å². The first-order valence-corrected chi connectivity index (χ1v) is 10.0. The van der Waals surface area contributed by atoms with Crippen molar-refractivity contribution in [3.63, 3.8) is 0 Å². The van der Waals surface area contributed by atoms with Crippen LogP contribution in [0.25, 0.3) is 38.5 Å². The van der Waals surface area contributed by atoms with Crippen LogP contribution in [0.2, 0.25) is 0 Å². The second-order valence-electron chi connectivity index (χ2n) is 7.19. The summed E-state index contributed by atoms with van der Waals surface area (Å²) in [5.74, 6) is -2.34. The van der Waals surface area contributed by atoms with E-state index in [-0.39, 0.29) is 11.4 Å². The fourth-order valence-electron chi connectivity index (χ4n) is 3.81. The Kier molecular flexibility index (Phi) is 5.52. The molecule has 2 aromatic heterocycles. The molecule has 2 heterocycles. The largest absolute Gasteiger partial charge is 0.477 e. The molecule has 0 fully saturated rings. The molecule has 2 N–H and O–H groups in total. The highest BCUT2D eigenvalue weighted by Gasteiger charge is 2.19. The second-order valence-corrected chi connectivity index (χ2v) is 7.19. The van der Waals surface area contributed by atoms with E-state index in [4.69, 9.17) is 0 Å². The number of hydrogen-bond acceptors (Lipinski definition) is 4. The summed E-state index contributed by atoms with van der Waals surface area (Å²) >= 11 is 0. The average molecular weight is 424 g/mol. The number of rotatable bonds is 5. The smallest absolute Gasteiger partial charge is 0.354 e. The number of benzene rings is 2. The number of carbonyl (C=O) groups is 2. The number of carboxylic acid groups (broad SMARTS) is 2. The number of allylic oxidation sites excluding steroid dienone is 4. The van der Waals surface area contributed by atoms with E-state index in [1.807, 2.05) is 74.5 Å². The van der Waals surface area contributed by atoms with Crippen LogP contribution < -0.4 is 0 Å². The van der Waals surface area contributed by atoms with Crippen LogP contribution in [0.3, 0.4) is 0 Å². The molecule has 158 valence electrons. The van der Waals surface area contributed by atoms with Crippen molar-refractivity contribution >= 4 is 39.3 Å². The summed E-state index contributed by atoms with van der Waals surface area (Å²) in [6, 6.07) is 16.2. The van der Waals surface area contributed by atoms with Crippen molar-refractivity contribution in [2.75, 3.05) is 0 Å². The zero-order chi connectivity index (χ0) is 22.8. The summed E-state index contributed by atoms with van der Waals surface area (Å²) in [5.41, 5.74) is 3.49. The van der Waals surface area contributed by atoms with Crippen LogP contribution in [0, 0.1) is 0 Å². The van der Waals surface area contributed by atoms with Gasteiger partial charge in [-0.15, -0.1) is 0 Å². The van der Waals surface area contributed by atoms with E-state index < -0.39 is 11.9 Å². The van der Waals surface area contributed by atoms with Crippen molar-refractivity contribution in [2.24, 2.45) is 0 Å². The Bertz CT molecular complexity index is 1440. The maximum atomic E-state index is 11.9. The average Bonchev–Trinajstić information content (AvgIpc) is 2.81. The van der Waals surface area contributed by atoms with Crippen LogP contribution in [-0.2, 0) is 0 Å². The Balaban J connectivity index is 2.19. The molecule has 0 saturated heterocycles. The quantitative estimate of drug-likeness (QED) is 0.309. The van der Waals surface area contributed by atoms with Crippen LogP contribution >= 0.6 is 0 Å². The van der Waals surface area contributed by atoms with Gasteiger partial charge in [-0.1, -0.05) is 60.7 Å². The highest BCUT2D eigenvalue weighted by Crippen LogP contribution is 2.35. The summed E-state index contributed by atoms with van der Waals surface area (Å²) in [7, 11) is 0. The van der Waals surface area contributed by atoms with Gasteiger partial charge in [0.05, 0.1) is 11.0 Å². The van der Waals surface area contributed by atoms with Crippen molar-refractivity contribution in [1.29, 1.82) is 0 Å². The summed E-state index contributed by atoms with van der Waals surface area (Å²) in [6.45, 7) is 3.75. The van der Waals surface area contributed by atoms with Crippen molar-refractivity contribution in [2.45, 2.75) is 13.8 Å². The lowest BCUT2D eigenvalue weighted by atomic mass is 9.95. The van der Waals surface area contributed by atoms with Gasteiger partial charge in [0.25, 0.3) is 0 Å². The fourth-order valence-corrected chi connectivity index (χ4v) is 3.81. The molecule has 4 rings (SSSR count). The molecule has 0 aliphatic carbocycles. The Morgan fingerprint density at radius 3 is 2.00 bits per heavy atom. The highest BCUT2D eigenvalue weighted by atomic mass is 16.4. The molecule has 2 aromatic carbocycles. The lowest BCUT2D eigenvalue weighted by molar-refractivity contribution is 0.0680. The molecular formula is C26H20N2O4. The van der Waals surface area contributed by atoms with Crippen LogP contribution in [0.1, 0.15) is 40.4 Å². The van der Waals surface area contributed by atoms with E-state index in [0.29, 0.717) is 32.9 Å². The fraction of sp³-hybridized carbons (Fsp3) is 0.0769. The number of carboxylic acids is 2. The van der Waals surface area contributed by atoms with Gasteiger partial charge in [-0.2, -0.15) is 0 Å². The monoisotopic (exact) mass is 424 g/mol. The summed E-state index contributed by atoms with van der Waals surface area (Å²) < 4.78 is 0. The molecule has 0 radical (unpaired) electrons. The van der Waals surface area contributed by atoms with E-state index in [1.165, 1.54) is 12.1 Å². The second kappa shape index (κ2) is 8.43. The third kappa shape index (κ3) is 3.63. The van der Waals surface area contributed by atoms with Gasteiger partial charge in [-0.25, -0.2) is 19.6 Å². The van der Waals surface area contributed by atoms with E-state index in [9.17, 15) is 19.8 Å². The Morgan fingerprint density at radius 2 is 1.41 bits per heavy atom. The molecule has 0 unspecified atom stereocenters. The third-order valence-corrected chi connectivity index (χ3v) is 5.25. The standard InChI is InChI=1S/C26H20N2O4/c1-3-8-15(4-2)19-13-21(25(29)30)27-23-17(19)11-12-18-20(16-9-6-5-7-10-16)14-22(26(31)32)28-24(18)23/h3-14H,1-2H3,(H,29,30)(H,31,32)/b8-3-,15-4+. The summed E-state index contributed by atoms with van der Waals surface area (Å²) in [4.78, 5) is 32.4. The molecule has 0 spiro atoms. The van der Waals surface area contributed by atoms with Gasteiger partial charge in [0.2, 0.25) is 0 Å². The number of hydrogen-bond donors (Lipinski definition) is 2. The maximum Gasteiger partial charge on any atom is 0.354 e. The molecule has 0 amide bonds. The third-order valence-electron chi connectivity index (χ3n) is 5.25. The van der Waals surface area contributed by atoms with Gasteiger partial charge in [-0.3, -0.25) is 0 Å². The molecule has 6 nitrogen and oxygen atoms in total. The molecule has 0 atom stereocenters. The van der Waals surface area contributed by atoms with Gasteiger partial charge in [-0.05, 0) is 48.2 Å². The van der Waals surface area contributed by atoms with Crippen molar-refractivity contribution in [3.05, 3.63) is 89.8 Å². The first-order chi connectivity index (χ1) is 15.4. The minimum Gasteiger partial charge on any atom is -0.477 e. The number of nitrogens with zero attached hydrogens (tertiary/aromatic N) is 2. The molecule has 0 saturated carbocycles. The molecular weight excluding hydrogens is 404 g/mol. The van der Waals surface area contributed by atoms with Gasteiger partial charge in [0, 0.05) is 10.8 Å². The lowest BCUT2D eigenvalue weighted by Crippen LogP contribution is -2.05. The SMILES string of the molecule is C/C=C\C(=C/C)c1cc(C(=O)O)nc2c1ccc1c(-c3ccccc3)cc(C(=O)O)nc12. The topological polar surface area (TPSA) is 100 Å². The Morgan fingerprint density at radius 1 is 0.812 bits per heavy atom. The molecule has 0 bridgehead atoms. The maximum absolute atomic E-state index is 11.9. The van der Waals surface area contributed by atoms with Crippen molar-refractivity contribution in [1.82, 2.24) is 9.97 Å². The molecule has 32 heavy (non-hydrogen) atoms. The lowest BCUT2D eigenvalue weighted by Gasteiger charge is -2.13. The van der Waals surface area contributed by atoms with Gasteiger partial charge in [0.1, 0.15) is 11.4 Å². The predicted molar refractivity (Wildman–Crippen MR) is 125 cm³/mol. The molecule has 4 aromatic rings. The van der Waals surface area contributed by atoms with Gasteiger partial charge in [0.15, 0.2) is 0 Å². The minimum atomic E-state index is -1.17. The van der Waals surface area contributed by atoms with Crippen LogP contribution in [-0.4, -0.2) is 32.1 Å². The predicted octanol–water partition coefficient (Wildman–Crippen LogP) is 5.83. The Labute approximate surface area is 184 Å². The zero-order valence-corrected chi connectivity index (χ0v) is 17.5. The zero-order valence-electron chi connectivity index (χ0n) is 17.5. The number of fused-ring (bicyclic) bond motifs is 3. The van der Waals surface area contributed by atoms with Gasteiger partial charge < -0.3 is 10.2 Å². The van der Waals surface area contributed by atoms with Crippen molar-refractivity contribution < 1.29 is 19.8 Å².